The van der Waals surface area contributed by atoms with Crippen molar-refractivity contribution in [3.63, 3.8) is 0 Å². The SMILES string of the molecule is CC(=O)Nc1cccc(Nc2cc(C(=O)Nc3ccc(C(C)C)cc3)ncn2)c1. The molecule has 3 rings (SSSR count). The number of nitrogens with one attached hydrogen (secondary N) is 3. The van der Waals surface area contributed by atoms with Crippen molar-refractivity contribution in [3.05, 3.63) is 72.2 Å². The summed E-state index contributed by atoms with van der Waals surface area (Å²) < 4.78 is 0. The maximum absolute atomic E-state index is 12.5. The van der Waals surface area contributed by atoms with Crippen LogP contribution in [-0.4, -0.2) is 21.8 Å². The fraction of sp³-hybridized carbons (Fsp3) is 0.182. The minimum atomic E-state index is -0.320. The smallest absolute Gasteiger partial charge is 0.274 e. The van der Waals surface area contributed by atoms with E-state index in [2.05, 4.69) is 39.8 Å². The van der Waals surface area contributed by atoms with Gasteiger partial charge in [-0.25, -0.2) is 9.97 Å². The molecule has 148 valence electrons. The molecule has 0 radical (unpaired) electrons. The minimum Gasteiger partial charge on any atom is -0.340 e. The van der Waals surface area contributed by atoms with Crippen molar-refractivity contribution in [2.75, 3.05) is 16.0 Å². The van der Waals surface area contributed by atoms with E-state index >= 15 is 0 Å². The number of carbonyl (C=O) groups excluding carboxylic acids is 2. The first-order chi connectivity index (χ1) is 13.9. The summed E-state index contributed by atoms with van der Waals surface area (Å²) in [4.78, 5) is 32.0. The topological polar surface area (TPSA) is 96.0 Å². The van der Waals surface area contributed by atoms with Crippen LogP contribution in [0.15, 0.2) is 60.9 Å². The van der Waals surface area contributed by atoms with Gasteiger partial charge in [0.25, 0.3) is 5.91 Å². The summed E-state index contributed by atoms with van der Waals surface area (Å²) in [6, 6.07) is 16.5. The number of hydrogen-bond acceptors (Lipinski definition) is 5. The van der Waals surface area contributed by atoms with Crippen molar-refractivity contribution in [3.8, 4) is 0 Å². The molecule has 0 fully saturated rings. The molecule has 0 saturated heterocycles. The average molecular weight is 389 g/mol. The Bertz CT molecular complexity index is 1020. The van der Waals surface area contributed by atoms with Crippen LogP contribution in [0.3, 0.4) is 0 Å². The van der Waals surface area contributed by atoms with Gasteiger partial charge in [0.2, 0.25) is 5.91 Å². The van der Waals surface area contributed by atoms with E-state index in [0.717, 1.165) is 5.69 Å². The Morgan fingerprint density at radius 1 is 0.862 bits per heavy atom. The van der Waals surface area contributed by atoms with E-state index in [4.69, 9.17) is 0 Å². The number of amides is 2. The molecule has 0 aliphatic rings. The zero-order valence-electron chi connectivity index (χ0n) is 16.6. The zero-order chi connectivity index (χ0) is 20.8. The van der Waals surface area contributed by atoms with Gasteiger partial charge in [0.05, 0.1) is 0 Å². The highest BCUT2D eigenvalue weighted by Gasteiger charge is 2.10. The van der Waals surface area contributed by atoms with Crippen LogP contribution < -0.4 is 16.0 Å². The molecule has 7 heteroatoms. The summed E-state index contributed by atoms with van der Waals surface area (Å²) >= 11 is 0. The highest BCUT2D eigenvalue weighted by atomic mass is 16.2. The summed E-state index contributed by atoms with van der Waals surface area (Å²) in [7, 11) is 0. The van der Waals surface area contributed by atoms with Crippen LogP contribution in [0.4, 0.5) is 22.9 Å². The molecule has 0 unspecified atom stereocenters. The molecule has 2 aromatic carbocycles. The van der Waals surface area contributed by atoms with Crippen molar-refractivity contribution in [2.24, 2.45) is 0 Å². The Morgan fingerprint density at radius 2 is 1.59 bits per heavy atom. The van der Waals surface area contributed by atoms with Crippen molar-refractivity contribution in [1.29, 1.82) is 0 Å². The van der Waals surface area contributed by atoms with Gasteiger partial charge in [-0.05, 0) is 41.8 Å². The summed E-state index contributed by atoms with van der Waals surface area (Å²) in [6.07, 6.45) is 1.33. The lowest BCUT2D eigenvalue weighted by atomic mass is 10.0. The molecule has 7 nitrogen and oxygen atoms in total. The largest absolute Gasteiger partial charge is 0.340 e. The fourth-order valence-electron chi connectivity index (χ4n) is 2.72. The molecule has 3 N–H and O–H groups in total. The van der Waals surface area contributed by atoms with E-state index < -0.39 is 0 Å². The first-order valence-corrected chi connectivity index (χ1v) is 9.29. The van der Waals surface area contributed by atoms with Gasteiger partial charge in [-0.2, -0.15) is 0 Å². The molecule has 29 heavy (non-hydrogen) atoms. The molecule has 0 atom stereocenters. The molecule has 0 saturated carbocycles. The van der Waals surface area contributed by atoms with Crippen molar-refractivity contribution in [2.45, 2.75) is 26.7 Å². The quantitative estimate of drug-likeness (QED) is 0.575. The molecule has 1 heterocycles. The van der Waals surface area contributed by atoms with Crippen molar-refractivity contribution in [1.82, 2.24) is 9.97 Å². The van der Waals surface area contributed by atoms with Gasteiger partial charge in [-0.3, -0.25) is 9.59 Å². The Balaban J connectivity index is 1.70. The predicted molar refractivity (Wildman–Crippen MR) is 115 cm³/mol. The predicted octanol–water partition coefficient (Wildman–Crippen LogP) is 4.55. The number of anilines is 4. The zero-order valence-corrected chi connectivity index (χ0v) is 16.6. The van der Waals surface area contributed by atoms with Crippen LogP contribution >= 0.6 is 0 Å². The monoisotopic (exact) mass is 389 g/mol. The second-order valence-electron chi connectivity index (χ2n) is 6.91. The number of hydrogen-bond donors (Lipinski definition) is 3. The van der Waals surface area contributed by atoms with Gasteiger partial charge in [0.1, 0.15) is 17.8 Å². The number of benzene rings is 2. The van der Waals surface area contributed by atoms with Gasteiger partial charge in [-0.15, -0.1) is 0 Å². The molecular formula is C22H23N5O2. The summed E-state index contributed by atoms with van der Waals surface area (Å²) in [5.41, 5.74) is 3.55. The van der Waals surface area contributed by atoms with Crippen LogP contribution in [0.25, 0.3) is 0 Å². The number of nitrogens with zero attached hydrogens (tertiary/aromatic N) is 2. The lowest BCUT2D eigenvalue weighted by Crippen LogP contribution is -2.14. The minimum absolute atomic E-state index is 0.149. The lowest BCUT2D eigenvalue weighted by molar-refractivity contribution is -0.114. The first kappa shape index (κ1) is 20.0. The number of aromatic nitrogens is 2. The third kappa shape index (κ3) is 5.62. The normalized spacial score (nSPS) is 10.5. The molecule has 0 bridgehead atoms. The summed E-state index contributed by atoms with van der Waals surface area (Å²) in [5, 5.41) is 8.68. The van der Waals surface area contributed by atoms with Gasteiger partial charge >= 0.3 is 0 Å². The van der Waals surface area contributed by atoms with Crippen LogP contribution in [-0.2, 0) is 4.79 Å². The maximum atomic E-state index is 12.5. The van der Waals surface area contributed by atoms with Crippen LogP contribution in [0, 0.1) is 0 Å². The van der Waals surface area contributed by atoms with E-state index in [1.54, 1.807) is 18.2 Å². The molecule has 3 aromatic rings. The highest BCUT2D eigenvalue weighted by molar-refractivity contribution is 6.03. The Hall–Kier alpha value is -3.74. The van der Waals surface area contributed by atoms with Gasteiger partial charge in [0.15, 0.2) is 0 Å². The van der Waals surface area contributed by atoms with Crippen molar-refractivity contribution < 1.29 is 9.59 Å². The van der Waals surface area contributed by atoms with Gasteiger partial charge in [-0.1, -0.05) is 32.0 Å². The van der Waals surface area contributed by atoms with Crippen LogP contribution in [0.1, 0.15) is 42.7 Å². The molecule has 0 aliphatic carbocycles. The van der Waals surface area contributed by atoms with Gasteiger partial charge < -0.3 is 16.0 Å². The van der Waals surface area contributed by atoms with Crippen LogP contribution in [0.5, 0.6) is 0 Å². The molecule has 0 spiro atoms. The second-order valence-corrected chi connectivity index (χ2v) is 6.91. The fourth-order valence-corrected chi connectivity index (χ4v) is 2.72. The average Bonchev–Trinajstić information content (AvgIpc) is 2.68. The maximum Gasteiger partial charge on any atom is 0.274 e. The lowest BCUT2D eigenvalue weighted by Gasteiger charge is -2.10. The van der Waals surface area contributed by atoms with E-state index in [9.17, 15) is 9.59 Å². The first-order valence-electron chi connectivity index (χ1n) is 9.29. The van der Waals surface area contributed by atoms with Crippen molar-refractivity contribution >= 4 is 34.7 Å². The molecule has 0 aliphatic heterocycles. The molecular weight excluding hydrogens is 366 g/mol. The Morgan fingerprint density at radius 3 is 2.28 bits per heavy atom. The van der Waals surface area contributed by atoms with E-state index in [0.29, 0.717) is 23.1 Å². The summed E-state index contributed by atoms with van der Waals surface area (Å²) in [5.74, 6) is 0.434. The molecule has 2 amide bonds. The summed E-state index contributed by atoms with van der Waals surface area (Å²) in [6.45, 7) is 5.69. The standard InChI is InChI=1S/C22H23N5O2/c1-14(2)16-7-9-17(10-8-16)27-22(29)20-12-21(24-13-23-20)26-19-6-4-5-18(11-19)25-15(3)28/h4-14H,1-3H3,(H,25,28)(H,27,29)(H,23,24,26). The Kier molecular flexibility index (Phi) is 6.19. The third-order valence-electron chi connectivity index (χ3n) is 4.19. The van der Waals surface area contributed by atoms with E-state index in [-0.39, 0.29) is 17.5 Å². The highest BCUT2D eigenvalue weighted by Crippen LogP contribution is 2.20. The third-order valence-corrected chi connectivity index (χ3v) is 4.19. The van der Waals surface area contributed by atoms with Crippen LogP contribution in [0.2, 0.25) is 0 Å². The second kappa shape index (κ2) is 8.97. The van der Waals surface area contributed by atoms with Gasteiger partial charge in [0, 0.05) is 30.1 Å². The molecule has 1 aromatic heterocycles. The Labute approximate surface area is 169 Å². The number of carbonyl (C=O) groups is 2. The number of rotatable bonds is 6. The van der Waals surface area contributed by atoms with E-state index in [1.807, 2.05) is 36.4 Å². The van der Waals surface area contributed by atoms with E-state index in [1.165, 1.54) is 18.8 Å².